The molecule has 0 aromatic rings. The molecule has 0 heterocycles. The second kappa shape index (κ2) is 13.2. The predicted molar refractivity (Wildman–Crippen MR) is 93.0 cm³/mol. The Morgan fingerprint density at radius 1 is 0.909 bits per heavy atom. The van der Waals surface area contributed by atoms with Gasteiger partial charge in [-0.25, -0.2) is 0 Å². The zero-order valence-electron chi connectivity index (χ0n) is 15.3. The maximum atomic E-state index is 12.5. The van der Waals surface area contributed by atoms with Crippen LogP contribution in [0.1, 0.15) is 78.6 Å². The summed E-state index contributed by atoms with van der Waals surface area (Å²) in [5, 5.41) is 0. The van der Waals surface area contributed by atoms with Crippen LogP contribution in [0.25, 0.3) is 0 Å². The van der Waals surface area contributed by atoms with Gasteiger partial charge in [-0.1, -0.05) is 59.3 Å². The van der Waals surface area contributed by atoms with Gasteiger partial charge in [0.2, 0.25) is 0 Å². The Kier molecular flexibility index (Phi) is 13.1. The van der Waals surface area contributed by atoms with Crippen molar-refractivity contribution in [2.24, 2.45) is 0 Å². The van der Waals surface area contributed by atoms with Crippen LogP contribution in [0.3, 0.4) is 0 Å². The highest BCUT2D eigenvalue weighted by Gasteiger charge is 2.40. The molecular formula is C17H36O4Si. The molecule has 0 rings (SSSR count). The predicted octanol–water partition coefficient (Wildman–Crippen LogP) is 4.74. The quantitative estimate of drug-likeness (QED) is 0.321. The Hall–Kier alpha value is -0.233. The molecule has 0 spiro atoms. The molecule has 0 radical (unpaired) electrons. The van der Waals surface area contributed by atoms with E-state index in [0.29, 0.717) is 12.5 Å². The molecule has 1 unspecified atom stereocenters. The Morgan fingerprint density at radius 2 is 1.50 bits per heavy atom. The van der Waals surface area contributed by atoms with Gasteiger partial charge in [0.1, 0.15) is 6.10 Å². The van der Waals surface area contributed by atoms with Crippen LogP contribution >= 0.6 is 0 Å². The Balaban J connectivity index is 4.64. The van der Waals surface area contributed by atoms with E-state index in [2.05, 4.69) is 13.8 Å². The van der Waals surface area contributed by atoms with Crippen LogP contribution in [0.4, 0.5) is 0 Å². The van der Waals surface area contributed by atoms with Crippen LogP contribution in [0, 0.1) is 0 Å². The lowest BCUT2D eigenvalue weighted by Gasteiger charge is -2.29. The molecule has 0 aliphatic carbocycles. The van der Waals surface area contributed by atoms with E-state index in [-0.39, 0.29) is 11.9 Å². The van der Waals surface area contributed by atoms with E-state index in [1.54, 1.807) is 14.2 Å². The van der Waals surface area contributed by atoms with Crippen molar-refractivity contribution in [3.63, 3.8) is 0 Å². The largest absolute Gasteiger partial charge is 0.500 e. The molecule has 0 aliphatic rings. The standard InChI is InChI=1S/C17H36O4Si/c1-6-9-11-13-15-17(16(18)14-12-10-7-2)21-22(8-3,19-4)20-5/h17H,6-15H2,1-5H3. The van der Waals surface area contributed by atoms with Gasteiger partial charge in [-0.3, -0.25) is 4.79 Å². The lowest BCUT2D eigenvalue weighted by Crippen LogP contribution is -2.48. The fraction of sp³-hybridized carbons (Fsp3) is 0.941. The topological polar surface area (TPSA) is 44.8 Å². The number of carbonyl (C=O) groups excluding carboxylic acids is 1. The molecule has 0 saturated carbocycles. The van der Waals surface area contributed by atoms with E-state index >= 15 is 0 Å². The summed E-state index contributed by atoms with van der Waals surface area (Å²) in [5.41, 5.74) is 0. The molecule has 132 valence electrons. The third kappa shape index (κ3) is 8.41. The highest BCUT2D eigenvalue weighted by Crippen LogP contribution is 2.21. The zero-order chi connectivity index (χ0) is 16.8. The van der Waals surface area contributed by atoms with Gasteiger partial charge in [-0.05, 0) is 12.8 Å². The summed E-state index contributed by atoms with van der Waals surface area (Å²) in [6, 6.07) is 0.688. The van der Waals surface area contributed by atoms with Gasteiger partial charge in [0.05, 0.1) is 0 Å². The minimum atomic E-state index is -2.68. The normalized spacial score (nSPS) is 13.3. The molecule has 22 heavy (non-hydrogen) atoms. The second-order valence-corrected chi connectivity index (χ2v) is 8.95. The van der Waals surface area contributed by atoms with Crippen LogP contribution in [0.5, 0.6) is 0 Å². The summed E-state index contributed by atoms with van der Waals surface area (Å²) < 4.78 is 17.1. The van der Waals surface area contributed by atoms with Crippen molar-refractivity contribution in [2.45, 2.75) is 90.7 Å². The summed E-state index contributed by atoms with van der Waals surface area (Å²) in [6.45, 7) is 6.33. The molecule has 1 atom stereocenters. The average molecular weight is 333 g/mol. The zero-order valence-corrected chi connectivity index (χ0v) is 16.3. The van der Waals surface area contributed by atoms with Gasteiger partial charge in [0.25, 0.3) is 0 Å². The van der Waals surface area contributed by atoms with E-state index in [4.69, 9.17) is 13.3 Å². The first-order chi connectivity index (χ1) is 10.6. The number of rotatable bonds is 15. The first-order valence-corrected chi connectivity index (χ1v) is 10.8. The van der Waals surface area contributed by atoms with Gasteiger partial charge in [-0.15, -0.1) is 0 Å². The van der Waals surface area contributed by atoms with Crippen LogP contribution in [0.2, 0.25) is 6.04 Å². The Morgan fingerprint density at radius 3 is 2.00 bits per heavy atom. The lowest BCUT2D eigenvalue weighted by molar-refractivity contribution is -0.128. The van der Waals surface area contributed by atoms with Crippen LogP contribution < -0.4 is 0 Å². The first-order valence-electron chi connectivity index (χ1n) is 8.89. The summed E-state index contributed by atoms with van der Waals surface area (Å²) in [5.74, 6) is 0.212. The molecule has 0 bridgehead atoms. The van der Waals surface area contributed by atoms with E-state index in [1.165, 1.54) is 12.8 Å². The Bertz CT molecular complexity index is 272. The van der Waals surface area contributed by atoms with Crippen molar-refractivity contribution in [3.8, 4) is 0 Å². The molecule has 0 aromatic carbocycles. The molecule has 0 amide bonds. The van der Waals surface area contributed by atoms with Crippen LogP contribution in [-0.4, -0.2) is 34.9 Å². The number of Topliss-reactive ketones (excluding diaryl/α,β-unsaturated/α-hetero) is 1. The fourth-order valence-corrected chi connectivity index (χ4v) is 4.31. The van der Waals surface area contributed by atoms with Gasteiger partial charge in [0.15, 0.2) is 5.78 Å². The first kappa shape index (κ1) is 21.8. The molecular weight excluding hydrogens is 296 g/mol. The minimum Gasteiger partial charge on any atom is -0.377 e. The lowest BCUT2D eigenvalue weighted by atomic mass is 10.0. The van der Waals surface area contributed by atoms with E-state index in [1.807, 2.05) is 6.92 Å². The third-order valence-corrected chi connectivity index (χ3v) is 6.84. The maximum absolute atomic E-state index is 12.5. The van der Waals surface area contributed by atoms with E-state index in [9.17, 15) is 4.79 Å². The number of unbranched alkanes of at least 4 members (excludes halogenated alkanes) is 5. The maximum Gasteiger partial charge on any atom is 0.500 e. The summed E-state index contributed by atoms with van der Waals surface area (Å²) in [6.07, 6.45) is 8.78. The Labute approximate surface area is 138 Å². The van der Waals surface area contributed by atoms with Crippen molar-refractivity contribution in [3.05, 3.63) is 0 Å². The third-order valence-electron chi connectivity index (χ3n) is 4.08. The van der Waals surface area contributed by atoms with Gasteiger partial charge in [-0.2, -0.15) is 0 Å². The highest BCUT2D eigenvalue weighted by atomic mass is 28.4. The summed E-state index contributed by atoms with van der Waals surface area (Å²) in [4.78, 5) is 12.5. The van der Waals surface area contributed by atoms with Crippen molar-refractivity contribution in [1.82, 2.24) is 0 Å². The molecule has 0 saturated heterocycles. The van der Waals surface area contributed by atoms with Crippen molar-refractivity contribution >= 4 is 14.6 Å². The number of ketones is 1. The molecule has 0 N–H and O–H groups in total. The molecule has 4 nitrogen and oxygen atoms in total. The van der Waals surface area contributed by atoms with Crippen molar-refractivity contribution in [2.75, 3.05) is 14.2 Å². The SMILES string of the molecule is CCCCCCC(O[Si](CC)(OC)OC)C(=O)CCCCC. The molecule has 0 aliphatic heterocycles. The van der Waals surface area contributed by atoms with Gasteiger partial charge < -0.3 is 13.3 Å². The van der Waals surface area contributed by atoms with Gasteiger partial charge in [0, 0.05) is 26.7 Å². The number of carbonyl (C=O) groups is 1. The van der Waals surface area contributed by atoms with Crippen molar-refractivity contribution < 1.29 is 18.1 Å². The highest BCUT2D eigenvalue weighted by molar-refractivity contribution is 6.60. The summed E-state index contributed by atoms with van der Waals surface area (Å²) in [7, 11) is 0.560. The van der Waals surface area contributed by atoms with E-state index in [0.717, 1.165) is 38.5 Å². The van der Waals surface area contributed by atoms with Gasteiger partial charge >= 0.3 is 8.80 Å². The number of hydrogen-bond acceptors (Lipinski definition) is 4. The monoisotopic (exact) mass is 332 g/mol. The minimum absolute atomic E-state index is 0.212. The smallest absolute Gasteiger partial charge is 0.377 e. The van der Waals surface area contributed by atoms with Crippen LogP contribution in [-0.2, 0) is 18.1 Å². The number of hydrogen-bond donors (Lipinski definition) is 0. The average Bonchev–Trinajstić information content (AvgIpc) is 2.55. The van der Waals surface area contributed by atoms with Crippen molar-refractivity contribution in [1.29, 1.82) is 0 Å². The molecule has 0 aromatic heterocycles. The summed E-state index contributed by atoms with van der Waals surface area (Å²) >= 11 is 0. The van der Waals surface area contributed by atoms with Crippen LogP contribution in [0.15, 0.2) is 0 Å². The van der Waals surface area contributed by atoms with E-state index < -0.39 is 8.80 Å². The molecule has 5 heteroatoms. The fourth-order valence-electron chi connectivity index (χ4n) is 2.52. The molecule has 0 fully saturated rings. The second-order valence-electron chi connectivity index (χ2n) is 5.82.